The van der Waals surface area contributed by atoms with E-state index in [2.05, 4.69) is 217 Å². The van der Waals surface area contributed by atoms with Crippen molar-refractivity contribution < 1.29 is 4.74 Å². The summed E-state index contributed by atoms with van der Waals surface area (Å²) in [4.78, 5) is 2.33. The Morgan fingerprint density at radius 3 is 1.53 bits per heavy atom. The summed E-state index contributed by atoms with van der Waals surface area (Å²) in [6, 6.07) is 76.7. The fourth-order valence-corrected chi connectivity index (χ4v) is 9.20. The highest BCUT2D eigenvalue weighted by Crippen LogP contribution is 2.64. The summed E-state index contributed by atoms with van der Waals surface area (Å²) in [5.74, 6) is 1.81. The van der Waals surface area contributed by atoms with E-state index in [1.807, 2.05) is 0 Å². The second-order valence-corrected chi connectivity index (χ2v) is 14.4. The molecule has 0 aromatic heterocycles. The lowest BCUT2D eigenvalue weighted by molar-refractivity contribution is 0.436. The molecule has 0 saturated heterocycles. The maximum Gasteiger partial charge on any atom is 0.132 e. The summed E-state index contributed by atoms with van der Waals surface area (Å²) < 4.78 is 6.63. The predicted octanol–water partition coefficient (Wildman–Crippen LogP) is 14.1. The number of ether oxygens (including phenoxy) is 1. The molecule has 9 aromatic rings. The molecule has 0 atom stereocenters. The molecular formula is C53H35NO. The minimum atomic E-state index is -0.536. The lowest BCUT2D eigenvalue weighted by Gasteiger charge is -2.39. The molecule has 0 fully saturated rings. The highest BCUT2D eigenvalue weighted by atomic mass is 16.5. The summed E-state index contributed by atoms with van der Waals surface area (Å²) in [6.45, 7) is 0. The summed E-state index contributed by atoms with van der Waals surface area (Å²) >= 11 is 0. The molecule has 11 rings (SSSR count). The van der Waals surface area contributed by atoms with Gasteiger partial charge in [-0.2, -0.15) is 0 Å². The Morgan fingerprint density at radius 2 is 0.836 bits per heavy atom. The van der Waals surface area contributed by atoms with E-state index < -0.39 is 5.41 Å². The van der Waals surface area contributed by atoms with Gasteiger partial charge in [-0.15, -0.1) is 0 Å². The molecule has 1 heterocycles. The summed E-state index contributed by atoms with van der Waals surface area (Å²) in [5, 5.41) is 2.50. The van der Waals surface area contributed by atoms with Crippen molar-refractivity contribution in [2.75, 3.05) is 4.90 Å². The second-order valence-electron chi connectivity index (χ2n) is 14.4. The van der Waals surface area contributed by atoms with Crippen LogP contribution in [0.5, 0.6) is 11.5 Å². The van der Waals surface area contributed by atoms with E-state index in [1.165, 1.54) is 66.4 Å². The van der Waals surface area contributed by atoms with Crippen LogP contribution in [0.25, 0.3) is 44.2 Å². The minimum Gasteiger partial charge on any atom is -0.457 e. The van der Waals surface area contributed by atoms with Crippen molar-refractivity contribution in [3.8, 4) is 44.9 Å². The quantitative estimate of drug-likeness (QED) is 0.177. The molecule has 0 saturated carbocycles. The first-order chi connectivity index (χ1) is 27.3. The maximum absolute atomic E-state index is 6.63. The van der Waals surface area contributed by atoms with E-state index in [9.17, 15) is 0 Å². The van der Waals surface area contributed by atoms with E-state index in [0.717, 1.165) is 28.6 Å². The van der Waals surface area contributed by atoms with Gasteiger partial charge in [-0.25, -0.2) is 0 Å². The Labute approximate surface area is 321 Å². The standard InChI is InChI=1S/C53H35NO/c1-3-14-36(15-4-1)37-26-31-41(32-27-37)54(40-17-5-2-6-18-40)42-33-28-39(29-34-42)44-20-13-23-47-51(44)52-43-19-8-7-16-38(43)30-35-48(52)53(47)45-21-9-11-24-49(45)55-50-25-12-10-22-46(50)53/h1-35H. The maximum atomic E-state index is 6.63. The van der Waals surface area contributed by atoms with Crippen LogP contribution >= 0.6 is 0 Å². The fourth-order valence-electron chi connectivity index (χ4n) is 9.20. The summed E-state index contributed by atoms with van der Waals surface area (Å²) in [5.41, 5.74) is 15.1. The van der Waals surface area contributed by atoms with Gasteiger partial charge in [0.05, 0.1) is 5.41 Å². The summed E-state index contributed by atoms with van der Waals surface area (Å²) in [7, 11) is 0. The van der Waals surface area contributed by atoms with Crippen LogP contribution in [0, 0.1) is 0 Å². The summed E-state index contributed by atoms with van der Waals surface area (Å²) in [6.07, 6.45) is 0. The van der Waals surface area contributed by atoms with Gasteiger partial charge in [0, 0.05) is 28.2 Å². The SMILES string of the molecule is c1ccc(-c2ccc(N(c3ccccc3)c3ccc(-c4cccc5c4-c4c(ccc6ccccc46)C54c5ccccc5Oc5ccccc54)cc3)cc2)cc1. The smallest absolute Gasteiger partial charge is 0.132 e. The van der Waals surface area contributed by atoms with Crippen LogP contribution < -0.4 is 9.64 Å². The van der Waals surface area contributed by atoms with E-state index >= 15 is 0 Å². The Hall–Kier alpha value is -7.16. The van der Waals surface area contributed by atoms with Gasteiger partial charge < -0.3 is 9.64 Å². The lowest BCUT2D eigenvalue weighted by atomic mass is 9.66. The first-order valence-electron chi connectivity index (χ1n) is 18.9. The van der Waals surface area contributed by atoms with Gasteiger partial charge in [0.15, 0.2) is 0 Å². The third-order valence-electron chi connectivity index (χ3n) is 11.5. The number of hydrogen-bond donors (Lipinski definition) is 0. The number of fused-ring (bicyclic) bond motifs is 11. The molecule has 9 aromatic carbocycles. The predicted molar refractivity (Wildman–Crippen MR) is 227 cm³/mol. The van der Waals surface area contributed by atoms with Crippen molar-refractivity contribution in [3.05, 3.63) is 235 Å². The Kier molecular flexibility index (Phi) is 7.11. The van der Waals surface area contributed by atoms with Gasteiger partial charge in [-0.3, -0.25) is 0 Å². The largest absolute Gasteiger partial charge is 0.457 e. The highest BCUT2D eigenvalue weighted by Gasteiger charge is 2.52. The number of nitrogens with zero attached hydrogens (tertiary/aromatic N) is 1. The molecule has 0 N–H and O–H groups in total. The molecule has 0 bridgehead atoms. The van der Waals surface area contributed by atoms with Crippen LogP contribution in [-0.2, 0) is 5.41 Å². The van der Waals surface area contributed by atoms with Gasteiger partial charge in [0.25, 0.3) is 0 Å². The Balaban J connectivity index is 1.10. The van der Waals surface area contributed by atoms with Crippen LogP contribution in [0.15, 0.2) is 212 Å². The number of benzene rings is 9. The molecule has 0 radical (unpaired) electrons. The monoisotopic (exact) mass is 701 g/mol. The zero-order chi connectivity index (χ0) is 36.3. The van der Waals surface area contributed by atoms with Crippen molar-refractivity contribution in [2.45, 2.75) is 5.41 Å². The third-order valence-corrected chi connectivity index (χ3v) is 11.5. The number of hydrogen-bond acceptors (Lipinski definition) is 2. The van der Waals surface area contributed by atoms with Gasteiger partial charge in [-0.1, -0.05) is 164 Å². The van der Waals surface area contributed by atoms with Crippen LogP contribution in [0.3, 0.4) is 0 Å². The topological polar surface area (TPSA) is 12.5 Å². The fraction of sp³-hybridized carbons (Fsp3) is 0.0189. The molecule has 2 aliphatic rings. The van der Waals surface area contributed by atoms with Crippen molar-refractivity contribution in [1.29, 1.82) is 0 Å². The Morgan fingerprint density at radius 1 is 0.327 bits per heavy atom. The first-order valence-corrected chi connectivity index (χ1v) is 18.9. The minimum absolute atomic E-state index is 0.536. The lowest BCUT2D eigenvalue weighted by Crippen LogP contribution is -2.32. The van der Waals surface area contributed by atoms with Crippen molar-refractivity contribution in [1.82, 2.24) is 0 Å². The van der Waals surface area contributed by atoms with Gasteiger partial charge >= 0.3 is 0 Å². The van der Waals surface area contributed by atoms with Gasteiger partial charge in [0.1, 0.15) is 11.5 Å². The van der Waals surface area contributed by atoms with E-state index in [0.29, 0.717) is 0 Å². The zero-order valence-electron chi connectivity index (χ0n) is 30.1. The highest BCUT2D eigenvalue weighted by molar-refractivity contribution is 6.08. The number of para-hydroxylation sites is 3. The molecular weight excluding hydrogens is 667 g/mol. The van der Waals surface area contributed by atoms with Gasteiger partial charge in [-0.05, 0) is 104 Å². The number of anilines is 3. The normalized spacial score (nSPS) is 13.0. The van der Waals surface area contributed by atoms with Crippen LogP contribution in [0.4, 0.5) is 17.1 Å². The average Bonchev–Trinajstić information content (AvgIpc) is 3.56. The van der Waals surface area contributed by atoms with Crippen molar-refractivity contribution in [2.24, 2.45) is 0 Å². The van der Waals surface area contributed by atoms with E-state index in [4.69, 9.17) is 4.74 Å². The van der Waals surface area contributed by atoms with Crippen molar-refractivity contribution >= 4 is 27.8 Å². The van der Waals surface area contributed by atoms with Crippen LogP contribution in [0.2, 0.25) is 0 Å². The molecule has 55 heavy (non-hydrogen) atoms. The molecule has 258 valence electrons. The molecule has 0 amide bonds. The first kappa shape index (κ1) is 31.4. The molecule has 2 nitrogen and oxygen atoms in total. The average molecular weight is 702 g/mol. The molecule has 1 aliphatic carbocycles. The molecule has 2 heteroatoms. The van der Waals surface area contributed by atoms with Crippen LogP contribution in [-0.4, -0.2) is 0 Å². The second kappa shape index (κ2) is 12.5. The molecule has 0 unspecified atom stereocenters. The zero-order valence-corrected chi connectivity index (χ0v) is 30.1. The molecule has 1 aliphatic heterocycles. The van der Waals surface area contributed by atoms with E-state index in [-0.39, 0.29) is 0 Å². The van der Waals surface area contributed by atoms with E-state index in [1.54, 1.807) is 0 Å². The third kappa shape index (κ3) is 4.75. The van der Waals surface area contributed by atoms with Crippen LogP contribution in [0.1, 0.15) is 22.3 Å². The molecule has 1 spiro atoms. The Bertz CT molecular complexity index is 2830. The number of rotatable bonds is 5. The van der Waals surface area contributed by atoms with Gasteiger partial charge in [0.2, 0.25) is 0 Å². The van der Waals surface area contributed by atoms with Crippen molar-refractivity contribution in [3.63, 3.8) is 0 Å².